The minimum Gasteiger partial charge on any atom is -0.478 e. The van der Waals surface area contributed by atoms with E-state index in [1.807, 2.05) is 19.9 Å². The van der Waals surface area contributed by atoms with Crippen LogP contribution >= 0.6 is 0 Å². The fourth-order valence-electron chi connectivity index (χ4n) is 6.50. The summed E-state index contributed by atoms with van der Waals surface area (Å²) >= 11 is 0. The number of carboxylic acids is 1. The Morgan fingerprint density at radius 2 is 1.87 bits per heavy atom. The second-order valence-electron chi connectivity index (χ2n) is 10.1. The topological polar surface area (TPSA) is 105 Å². The maximum atomic E-state index is 12.0. The number of allylic oxidation sites excluding steroid dienone is 1. The number of carboxylic acid groups (broad SMARTS) is 1. The summed E-state index contributed by atoms with van der Waals surface area (Å²) in [5, 5.41) is 32.2. The van der Waals surface area contributed by atoms with Gasteiger partial charge in [0.15, 0.2) is 12.6 Å². The molecule has 1 saturated heterocycles. The maximum Gasteiger partial charge on any atom is 0.331 e. The smallest absolute Gasteiger partial charge is 0.331 e. The number of hydrogen-bond acceptors (Lipinski definition) is 6. The second-order valence-corrected chi connectivity index (χ2v) is 10.1. The van der Waals surface area contributed by atoms with Gasteiger partial charge in [-0.05, 0) is 69.6 Å². The predicted octanol–water partition coefficient (Wildman–Crippen LogP) is 3.48. The third-order valence-corrected chi connectivity index (χ3v) is 8.59. The van der Waals surface area contributed by atoms with Gasteiger partial charge in [-0.1, -0.05) is 26.8 Å². The van der Waals surface area contributed by atoms with Crippen molar-refractivity contribution >= 4 is 5.97 Å². The van der Waals surface area contributed by atoms with E-state index in [1.165, 1.54) is 0 Å². The van der Waals surface area contributed by atoms with Crippen LogP contribution < -0.4 is 0 Å². The van der Waals surface area contributed by atoms with Crippen LogP contribution in [0.15, 0.2) is 11.6 Å². The molecule has 1 saturated carbocycles. The Bertz CT molecular complexity index is 693. The van der Waals surface area contributed by atoms with E-state index in [0.717, 1.165) is 25.7 Å². The second kappa shape index (κ2) is 9.10. The molecule has 3 N–H and O–H groups in total. The Morgan fingerprint density at radius 3 is 2.48 bits per heavy atom. The highest BCUT2D eigenvalue weighted by molar-refractivity contribution is 5.88. The number of aliphatic hydroxyl groups excluding tert-OH is 1. The first-order valence-corrected chi connectivity index (χ1v) is 11.8. The Morgan fingerprint density at radius 1 is 1.19 bits per heavy atom. The molecule has 0 aromatic rings. The fourth-order valence-corrected chi connectivity index (χ4v) is 6.50. The summed E-state index contributed by atoms with van der Waals surface area (Å²) in [7, 11) is 0. The van der Waals surface area contributed by atoms with Crippen LogP contribution in [-0.4, -0.2) is 58.8 Å². The van der Waals surface area contributed by atoms with E-state index < -0.39 is 30.3 Å². The molecule has 1 aliphatic heterocycles. The summed E-state index contributed by atoms with van der Waals surface area (Å²) in [6.07, 6.45) is 3.22. The van der Waals surface area contributed by atoms with Crippen LogP contribution in [0.5, 0.6) is 0 Å². The van der Waals surface area contributed by atoms with Crippen molar-refractivity contribution < 1.29 is 34.3 Å². The summed E-state index contributed by atoms with van der Waals surface area (Å²) in [5.74, 6) is -0.260. The zero-order chi connectivity index (χ0) is 23.0. The molecule has 3 rings (SSSR count). The first kappa shape index (κ1) is 24.6. The summed E-state index contributed by atoms with van der Waals surface area (Å²) < 4.78 is 16.8. The number of hydrogen-bond donors (Lipinski definition) is 3. The highest BCUT2D eigenvalue weighted by Crippen LogP contribution is 2.62. The van der Waals surface area contributed by atoms with Crippen molar-refractivity contribution in [1.82, 2.24) is 0 Å². The van der Waals surface area contributed by atoms with Gasteiger partial charge in [-0.25, -0.2) is 4.79 Å². The van der Waals surface area contributed by atoms with Crippen LogP contribution in [0.3, 0.4) is 0 Å². The molecular formula is C24H40O7. The standard InChI is InChI=1S/C24H40O7/c1-6-29-20-18(25)24(28,21(31-20)30-7-2)14-13-22(4)15(3)11-12-23(5)16(19(26)27)9-8-10-17(22)23/h9,15,17-18,20-21,25,28H,6-8,10-14H2,1-5H3,(H,26,27)/t15-,17-,18+,20+,21-,22+,23+,24?/m1/s1. The van der Waals surface area contributed by atoms with Crippen LogP contribution in [0.25, 0.3) is 0 Å². The van der Waals surface area contributed by atoms with Crippen LogP contribution in [0.2, 0.25) is 0 Å². The van der Waals surface area contributed by atoms with Crippen LogP contribution in [0.1, 0.15) is 73.1 Å². The minimum absolute atomic E-state index is 0.183. The lowest BCUT2D eigenvalue weighted by molar-refractivity contribution is -0.234. The molecule has 178 valence electrons. The van der Waals surface area contributed by atoms with Gasteiger partial charge in [0.25, 0.3) is 0 Å². The molecule has 0 aromatic heterocycles. The third kappa shape index (κ3) is 4.08. The van der Waals surface area contributed by atoms with Gasteiger partial charge in [0.05, 0.1) is 0 Å². The van der Waals surface area contributed by atoms with Gasteiger partial charge in [-0.2, -0.15) is 0 Å². The van der Waals surface area contributed by atoms with E-state index in [9.17, 15) is 20.1 Å². The average molecular weight is 441 g/mol. The predicted molar refractivity (Wildman–Crippen MR) is 115 cm³/mol. The van der Waals surface area contributed by atoms with Crippen molar-refractivity contribution in [2.24, 2.45) is 22.7 Å². The highest BCUT2D eigenvalue weighted by atomic mass is 16.8. The number of carbonyl (C=O) groups is 1. The van der Waals surface area contributed by atoms with E-state index in [4.69, 9.17) is 14.2 Å². The zero-order valence-corrected chi connectivity index (χ0v) is 19.6. The molecule has 3 aliphatic rings. The van der Waals surface area contributed by atoms with Crippen LogP contribution in [0.4, 0.5) is 0 Å². The van der Waals surface area contributed by atoms with Gasteiger partial charge in [-0.3, -0.25) is 0 Å². The largest absolute Gasteiger partial charge is 0.478 e. The highest BCUT2D eigenvalue weighted by Gasteiger charge is 2.60. The van der Waals surface area contributed by atoms with Gasteiger partial charge in [0, 0.05) is 24.2 Å². The van der Waals surface area contributed by atoms with Gasteiger partial charge in [0.2, 0.25) is 0 Å². The Kier molecular flexibility index (Phi) is 7.24. The Balaban J connectivity index is 1.86. The van der Waals surface area contributed by atoms with E-state index in [1.54, 1.807) is 0 Å². The normalized spacial score (nSPS) is 45.3. The van der Waals surface area contributed by atoms with Crippen LogP contribution in [0, 0.1) is 22.7 Å². The fraction of sp³-hybridized carbons (Fsp3) is 0.875. The molecule has 2 fully saturated rings. The lowest BCUT2D eigenvalue weighted by Gasteiger charge is -2.58. The molecule has 0 amide bonds. The average Bonchev–Trinajstić information content (AvgIpc) is 2.95. The van der Waals surface area contributed by atoms with Gasteiger partial charge >= 0.3 is 5.97 Å². The minimum atomic E-state index is -1.58. The summed E-state index contributed by atoms with van der Waals surface area (Å²) in [5.41, 5.74) is -1.61. The molecule has 1 heterocycles. The van der Waals surface area contributed by atoms with E-state index >= 15 is 0 Å². The molecule has 0 spiro atoms. The van der Waals surface area contributed by atoms with Crippen molar-refractivity contribution in [3.05, 3.63) is 11.6 Å². The summed E-state index contributed by atoms with van der Waals surface area (Å²) in [4.78, 5) is 12.0. The molecule has 1 unspecified atom stereocenters. The van der Waals surface area contributed by atoms with E-state index in [0.29, 0.717) is 37.5 Å². The molecule has 0 bridgehead atoms. The first-order chi connectivity index (χ1) is 14.5. The van der Waals surface area contributed by atoms with Crippen LogP contribution in [-0.2, 0) is 19.0 Å². The molecule has 0 aromatic carbocycles. The Labute approximate surface area is 185 Å². The van der Waals surface area contributed by atoms with Gasteiger partial charge < -0.3 is 29.5 Å². The first-order valence-electron chi connectivity index (χ1n) is 11.8. The van der Waals surface area contributed by atoms with Crippen molar-refractivity contribution in [3.63, 3.8) is 0 Å². The molecule has 7 heteroatoms. The quantitative estimate of drug-likeness (QED) is 0.531. The SMILES string of the molecule is CCO[C@H]1O[C@@H](OCC)C(O)(CC[C@@]2(C)[C@H](C)CC[C@@]3(C)C(C(=O)O)=CCC[C@H]23)[C@H]1O. The zero-order valence-electron chi connectivity index (χ0n) is 19.6. The van der Waals surface area contributed by atoms with Crippen molar-refractivity contribution in [1.29, 1.82) is 0 Å². The molecule has 8 atom stereocenters. The van der Waals surface area contributed by atoms with Gasteiger partial charge in [-0.15, -0.1) is 0 Å². The lowest BCUT2D eigenvalue weighted by Crippen LogP contribution is -2.54. The summed E-state index contributed by atoms with van der Waals surface area (Å²) in [6, 6.07) is 0. The number of ether oxygens (including phenoxy) is 3. The molecular weight excluding hydrogens is 400 g/mol. The van der Waals surface area contributed by atoms with Gasteiger partial charge in [0.1, 0.15) is 11.7 Å². The monoisotopic (exact) mass is 440 g/mol. The molecule has 0 radical (unpaired) electrons. The maximum absolute atomic E-state index is 12.0. The number of fused-ring (bicyclic) bond motifs is 1. The molecule has 2 aliphatic carbocycles. The van der Waals surface area contributed by atoms with Crippen molar-refractivity contribution in [2.45, 2.75) is 97.4 Å². The third-order valence-electron chi connectivity index (χ3n) is 8.59. The van der Waals surface area contributed by atoms with E-state index in [2.05, 4.69) is 20.8 Å². The number of aliphatic carboxylic acids is 1. The summed E-state index contributed by atoms with van der Waals surface area (Å²) in [6.45, 7) is 10.9. The number of aliphatic hydroxyl groups is 2. The molecule has 7 nitrogen and oxygen atoms in total. The Hall–Kier alpha value is -0.990. The molecule has 31 heavy (non-hydrogen) atoms. The van der Waals surface area contributed by atoms with E-state index in [-0.39, 0.29) is 16.7 Å². The number of rotatable bonds is 8. The van der Waals surface area contributed by atoms with Crippen molar-refractivity contribution in [3.8, 4) is 0 Å². The van der Waals surface area contributed by atoms with Crippen molar-refractivity contribution in [2.75, 3.05) is 13.2 Å². The lowest BCUT2D eigenvalue weighted by atomic mass is 9.46.